The molecule has 0 aliphatic heterocycles. The lowest BCUT2D eigenvalue weighted by Gasteiger charge is -2.16. The molecule has 0 saturated carbocycles. The van der Waals surface area contributed by atoms with Gasteiger partial charge in [0.2, 0.25) is 5.91 Å². The Labute approximate surface area is 157 Å². The predicted octanol–water partition coefficient (Wildman–Crippen LogP) is 2.80. The first kappa shape index (κ1) is 19.7. The Morgan fingerprint density at radius 3 is 2.62 bits per heavy atom. The number of nitrogens with zero attached hydrogens (tertiary/aromatic N) is 1. The topological polar surface area (TPSA) is 80.3 Å². The molecule has 0 fully saturated rings. The summed E-state index contributed by atoms with van der Waals surface area (Å²) in [6, 6.07) is 5.96. The lowest BCUT2D eigenvalue weighted by Crippen LogP contribution is -2.44. The van der Waals surface area contributed by atoms with Gasteiger partial charge in [-0.05, 0) is 32.9 Å². The molecule has 2 aromatic rings. The fraction of sp³-hybridized carbons (Fsp3) is 0.316. The summed E-state index contributed by atoms with van der Waals surface area (Å²) in [5, 5.41) is 5.75. The highest BCUT2D eigenvalue weighted by atomic mass is 35.5. The Bertz CT molecular complexity index is 824. The molecule has 1 aromatic carbocycles. The van der Waals surface area contributed by atoms with E-state index in [1.807, 2.05) is 13.8 Å². The second-order valence-corrected chi connectivity index (χ2v) is 6.35. The lowest BCUT2D eigenvalue weighted by atomic mass is 10.1. The quantitative estimate of drug-likeness (QED) is 0.813. The molecule has 0 aliphatic carbocycles. The van der Waals surface area contributed by atoms with Gasteiger partial charge in [0.05, 0.1) is 29.9 Å². The molecule has 0 radical (unpaired) electrons. The highest BCUT2D eigenvalue weighted by molar-refractivity contribution is 6.33. The molecule has 1 aromatic heterocycles. The number of ether oxygens (including phenoxy) is 1. The van der Waals surface area contributed by atoms with Gasteiger partial charge in [-0.2, -0.15) is 0 Å². The normalized spacial score (nSPS) is 11.6. The monoisotopic (exact) mass is 375 g/mol. The summed E-state index contributed by atoms with van der Waals surface area (Å²) < 4.78 is 5.36. The van der Waals surface area contributed by atoms with E-state index in [1.54, 1.807) is 44.5 Å². The molecule has 1 unspecified atom stereocenters. The van der Waals surface area contributed by atoms with Crippen molar-refractivity contribution >= 4 is 23.4 Å². The van der Waals surface area contributed by atoms with Crippen LogP contribution in [0.2, 0.25) is 5.02 Å². The molecule has 6 nitrogen and oxygen atoms in total. The number of carbonyl (C=O) groups is 2. The first-order chi connectivity index (χ1) is 12.3. The van der Waals surface area contributed by atoms with Crippen LogP contribution in [0.25, 0.3) is 0 Å². The summed E-state index contributed by atoms with van der Waals surface area (Å²) in [5.41, 5.74) is 2.85. The van der Waals surface area contributed by atoms with E-state index in [0.717, 1.165) is 16.9 Å². The third-order valence-electron chi connectivity index (χ3n) is 4.04. The van der Waals surface area contributed by atoms with Crippen LogP contribution in [0.3, 0.4) is 0 Å². The first-order valence-electron chi connectivity index (χ1n) is 8.17. The summed E-state index contributed by atoms with van der Waals surface area (Å²) in [7, 11) is 1.60. The van der Waals surface area contributed by atoms with Gasteiger partial charge in [0.1, 0.15) is 11.8 Å². The molecule has 2 N–H and O–H groups in total. The van der Waals surface area contributed by atoms with Crippen molar-refractivity contribution in [3.8, 4) is 5.75 Å². The molecule has 0 aliphatic rings. The molecule has 0 spiro atoms. The van der Waals surface area contributed by atoms with Gasteiger partial charge >= 0.3 is 0 Å². The number of halogens is 1. The Morgan fingerprint density at radius 2 is 1.96 bits per heavy atom. The Kier molecular flexibility index (Phi) is 6.58. The van der Waals surface area contributed by atoms with E-state index < -0.39 is 11.9 Å². The summed E-state index contributed by atoms with van der Waals surface area (Å²) in [5.74, 6) is 0.0417. The highest BCUT2D eigenvalue weighted by Gasteiger charge is 2.18. The molecule has 2 amide bonds. The molecular formula is C19H22ClN3O3. The number of rotatable bonds is 6. The van der Waals surface area contributed by atoms with Crippen LogP contribution in [-0.2, 0) is 11.3 Å². The zero-order valence-electron chi connectivity index (χ0n) is 15.2. The van der Waals surface area contributed by atoms with Crippen molar-refractivity contribution in [2.24, 2.45) is 0 Å². The van der Waals surface area contributed by atoms with E-state index in [4.69, 9.17) is 16.3 Å². The molecular weight excluding hydrogens is 354 g/mol. The zero-order valence-corrected chi connectivity index (χ0v) is 16.0. The largest absolute Gasteiger partial charge is 0.496 e. The molecule has 1 heterocycles. The number of amides is 2. The smallest absolute Gasteiger partial charge is 0.253 e. The highest BCUT2D eigenvalue weighted by Crippen LogP contribution is 2.23. The van der Waals surface area contributed by atoms with Crippen LogP contribution in [0, 0.1) is 13.8 Å². The molecule has 7 heteroatoms. The average Bonchev–Trinajstić information content (AvgIpc) is 2.61. The average molecular weight is 376 g/mol. The minimum absolute atomic E-state index is 0.244. The van der Waals surface area contributed by atoms with Crippen molar-refractivity contribution in [1.29, 1.82) is 0 Å². The van der Waals surface area contributed by atoms with Crippen LogP contribution < -0.4 is 15.4 Å². The second kappa shape index (κ2) is 8.67. The lowest BCUT2D eigenvalue weighted by molar-refractivity contribution is -0.122. The van der Waals surface area contributed by atoms with Crippen LogP contribution in [0.4, 0.5) is 0 Å². The fourth-order valence-corrected chi connectivity index (χ4v) is 2.78. The molecule has 138 valence electrons. The van der Waals surface area contributed by atoms with Gasteiger partial charge in [-0.25, -0.2) is 0 Å². The second-order valence-electron chi connectivity index (χ2n) is 5.94. The molecule has 0 saturated heterocycles. The summed E-state index contributed by atoms with van der Waals surface area (Å²) >= 11 is 6.00. The van der Waals surface area contributed by atoms with Gasteiger partial charge in [0.25, 0.3) is 5.91 Å². The minimum atomic E-state index is -0.716. The van der Waals surface area contributed by atoms with Crippen molar-refractivity contribution in [1.82, 2.24) is 15.6 Å². The Hall–Kier alpha value is -2.60. The minimum Gasteiger partial charge on any atom is -0.496 e. The summed E-state index contributed by atoms with van der Waals surface area (Å²) in [6.07, 6.45) is 1.70. The van der Waals surface area contributed by atoms with E-state index in [1.165, 1.54) is 0 Å². The zero-order chi connectivity index (χ0) is 19.3. The molecule has 1 atom stereocenters. The van der Waals surface area contributed by atoms with Crippen molar-refractivity contribution in [3.05, 3.63) is 57.9 Å². The van der Waals surface area contributed by atoms with E-state index in [2.05, 4.69) is 15.6 Å². The Morgan fingerprint density at radius 1 is 1.27 bits per heavy atom. The van der Waals surface area contributed by atoms with Gasteiger partial charge in [-0.3, -0.25) is 14.6 Å². The van der Waals surface area contributed by atoms with E-state index in [0.29, 0.717) is 16.3 Å². The van der Waals surface area contributed by atoms with Crippen molar-refractivity contribution in [3.63, 3.8) is 0 Å². The number of hydrogen-bond acceptors (Lipinski definition) is 4. The number of aromatic nitrogens is 1. The standard InChI is InChI=1S/C19H22ClN3O3/c1-11-9-21-16(12(2)17(11)26-4)10-22-18(24)13(3)23-19(25)14-7-5-6-8-15(14)20/h5-9,13H,10H2,1-4H3,(H,22,24)(H,23,25). The third-order valence-corrected chi connectivity index (χ3v) is 4.37. The molecule has 2 rings (SSSR count). The van der Waals surface area contributed by atoms with E-state index in [-0.39, 0.29) is 12.5 Å². The number of methoxy groups -OCH3 is 1. The van der Waals surface area contributed by atoms with E-state index in [9.17, 15) is 9.59 Å². The fourth-order valence-electron chi connectivity index (χ4n) is 2.56. The maximum atomic E-state index is 12.3. The van der Waals surface area contributed by atoms with Crippen molar-refractivity contribution in [2.75, 3.05) is 7.11 Å². The van der Waals surface area contributed by atoms with Gasteiger partial charge < -0.3 is 15.4 Å². The number of carbonyl (C=O) groups excluding carboxylic acids is 2. The van der Waals surface area contributed by atoms with Gasteiger partial charge in [-0.1, -0.05) is 23.7 Å². The van der Waals surface area contributed by atoms with Crippen LogP contribution in [0.15, 0.2) is 30.5 Å². The maximum Gasteiger partial charge on any atom is 0.253 e. The van der Waals surface area contributed by atoms with Gasteiger partial charge in [-0.15, -0.1) is 0 Å². The van der Waals surface area contributed by atoms with Gasteiger partial charge in [0, 0.05) is 17.3 Å². The maximum absolute atomic E-state index is 12.3. The number of aryl methyl sites for hydroxylation is 1. The molecule has 0 bridgehead atoms. The Balaban J connectivity index is 1.98. The number of hydrogen-bond donors (Lipinski definition) is 2. The summed E-state index contributed by atoms with van der Waals surface area (Å²) in [4.78, 5) is 28.8. The van der Waals surface area contributed by atoms with Crippen LogP contribution in [0.5, 0.6) is 5.75 Å². The predicted molar refractivity (Wildman–Crippen MR) is 100 cm³/mol. The van der Waals surface area contributed by atoms with E-state index >= 15 is 0 Å². The SMILES string of the molecule is COc1c(C)cnc(CNC(=O)C(C)NC(=O)c2ccccc2Cl)c1C. The number of benzene rings is 1. The number of nitrogens with one attached hydrogen (secondary N) is 2. The molecule has 26 heavy (non-hydrogen) atoms. The van der Waals surface area contributed by atoms with Crippen LogP contribution in [-0.4, -0.2) is 29.9 Å². The van der Waals surface area contributed by atoms with Gasteiger partial charge in [0.15, 0.2) is 0 Å². The first-order valence-corrected chi connectivity index (χ1v) is 8.55. The van der Waals surface area contributed by atoms with Crippen LogP contribution in [0.1, 0.15) is 34.1 Å². The third kappa shape index (κ3) is 4.52. The summed E-state index contributed by atoms with van der Waals surface area (Å²) in [6.45, 7) is 5.66. The number of pyridine rings is 1. The van der Waals surface area contributed by atoms with Crippen molar-refractivity contribution < 1.29 is 14.3 Å². The van der Waals surface area contributed by atoms with Crippen molar-refractivity contribution in [2.45, 2.75) is 33.4 Å². The van der Waals surface area contributed by atoms with Crippen LogP contribution >= 0.6 is 11.6 Å².